The first-order valence-electron chi connectivity index (χ1n) is 9.04. The van der Waals surface area contributed by atoms with Crippen LogP contribution in [0.25, 0.3) is 6.08 Å². The van der Waals surface area contributed by atoms with Crippen LogP contribution in [0.2, 0.25) is 0 Å². The maximum absolute atomic E-state index is 12.4. The van der Waals surface area contributed by atoms with Crippen LogP contribution in [0.3, 0.4) is 0 Å². The van der Waals surface area contributed by atoms with Gasteiger partial charge in [0.15, 0.2) is 0 Å². The lowest BCUT2D eigenvalue weighted by atomic mass is 10.2. The molecule has 5 nitrogen and oxygen atoms in total. The first kappa shape index (κ1) is 21.0. The molecule has 0 aliphatic rings. The second kappa shape index (κ2) is 11.4. The predicted octanol–water partition coefficient (Wildman–Crippen LogP) is 3.86. The molecule has 5 heteroatoms. The van der Waals surface area contributed by atoms with Gasteiger partial charge in [-0.3, -0.25) is 9.59 Å². The summed E-state index contributed by atoms with van der Waals surface area (Å²) < 4.78 is 10.4. The van der Waals surface area contributed by atoms with E-state index in [4.69, 9.17) is 4.74 Å². The van der Waals surface area contributed by atoms with Gasteiger partial charge >= 0.3 is 5.97 Å². The number of ether oxygens (including phenoxy) is 2. The lowest BCUT2D eigenvalue weighted by Crippen LogP contribution is -2.32. The second-order valence-electron chi connectivity index (χ2n) is 6.08. The molecule has 2 aromatic rings. The Morgan fingerprint density at radius 2 is 1.89 bits per heavy atom. The molecular formula is C23H25NO4. The van der Waals surface area contributed by atoms with Crippen molar-refractivity contribution in [3.05, 3.63) is 84.5 Å². The molecule has 0 saturated heterocycles. The van der Waals surface area contributed by atoms with Crippen molar-refractivity contribution in [1.82, 2.24) is 4.90 Å². The zero-order valence-corrected chi connectivity index (χ0v) is 16.0. The number of benzene rings is 2. The highest BCUT2D eigenvalue weighted by atomic mass is 16.5. The van der Waals surface area contributed by atoms with E-state index in [-0.39, 0.29) is 24.8 Å². The van der Waals surface area contributed by atoms with Crippen LogP contribution in [0.1, 0.15) is 17.5 Å². The summed E-state index contributed by atoms with van der Waals surface area (Å²) in [4.78, 5) is 25.3. The zero-order chi connectivity index (χ0) is 20.2. The summed E-state index contributed by atoms with van der Waals surface area (Å²) in [6, 6.07) is 17.4. The summed E-state index contributed by atoms with van der Waals surface area (Å²) in [5.74, 6) is 0.181. The summed E-state index contributed by atoms with van der Waals surface area (Å²) in [6.45, 7) is 4.78. The van der Waals surface area contributed by atoms with Crippen molar-refractivity contribution in [2.45, 2.75) is 13.0 Å². The van der Waals surface area contributed by atoms with Crippen molar-refractivity contribution < 1.29 is 19.1 Å². The number of nitrogens with zero attached hydrogens (tertiary/aromatic N) is 1. The number of rotatable bonds is 10. The van der Waals surface area contributed by atoms with Gasteiger partial charge in [0.05, 0.1) is 13.5 Å². The summed E-state index contributed by atoms with van der Waals surface area (Å²) in [6.07, 6.45) is 4.98. The van der Waals surface area contributed by atoms with Crippen molar-refractivity contribution >= 4 is 18.0 Å². The molecule has 0 spiro atoms. The Bertz CT molecular complexity index is 814. The van der Waals surface area contributed by atoms with Gasteiger partial charge in [-0.05, 0) is 29.3 Å². The van der Waals surface area contributed by atoms with Crippen molar-refractivity contribution in [3.8, 4) is 5.75 Å². The lowest BCUT2D eigenvalue weighted by Gasteiger charge is -2.18. The van der Waals surface area contributed by atoms with Crippen LogP contribution >= 0.6 is 0 Å². The van der Waals surface area contributed by atoms with E-state index in [1.54, 1.807) is 12.2 Å². The number of esters is 1. The summed E-state index contributed by atoms with van der Waals surface area (Å²) >= 11 is 0. The van der Waals surface area contributed by atoms with Crippen molar-refractivity contribution in [3.63, 3.8) is 0 Å². The molecule has 0 unspecified atom stereocenters. The van der Waals surface area contributed by atoms with Gasteiger partial charge in [0.2, 0.25) is 5.91 Å². The molecule has 0 atom stereocenters. The molecule has 0 aliphatic heterocycles. The highest BCUT2D eigenvalue weighted by molar-refractivity contribution is 5.92. The zero-order valence-electron chi connectivity index (χ0n) is 16.0. The molecule has 0 heterocycles. The van der Waals surface area contributed by atoms with E-state index < -0.39 is 0 Å². The fourth-order valence-electron chi connectivity index (χ4n) is 2.50. The SMILES string of the molecule is C=CCN(CCC(=O)OC)C(=O)/C=C/c1cccc(OCc2ccccc2)c1. The van der Waals surface area contributed by atoms with E-state index in [1.807, 2.05) is 54.6 Å². The molecule has 0 fully saturated rings. The highest BCUT2D eigenvalue weighted by Crippen LogP contribution is 2.16. The second-order valence-corrected chi connectivity index (χ2v) is 6.08. The normalized spacial score (nSPS) is 10.5. The average molecular weight is 379 g/mol. The molecule has 1 amide bonds. The van der Waals surface area contributed by atoms with Gasteiger partial charge in [-0.1, -0.05) is 48.5 Å². The quantitative estimate of drug-likeness (QED) is 0.357. The van der Waals surface area contributed by atoms with Gasteiger partial charge in [-0.15, -0.1) is 6.58 Å². The molecule has 2 aromatic carbocycles. The van der Waals surface area contributed by atoms with Gasteiger partial charge < -0.3 is 14.4 Å². The first-order valence-corrected chi connectivity index (χ1v) is 9.04. The van der Waals surface area contributed by atoms with Crippen LogP contribution in [0.5, 0.6) is 5.75 Å². The van der Waals surface area contributed by atoms with Gasteiger partial charge in [0, 0.05) is 19.2 Å². The molecular weight excluding hydrogens is 354 g/mol. The molecule has 2 rings (SSSR count). The minimum absolute atomic E-state index is 0.146. The molecule has 0 saturated carbocycles. The third kappa shape index (κ3) is 7.11. The topological polar surface area (TPSA) is 55.8 Å². The Labute approximate surface area is 165 Å². The van der Waals surface area contributed by atoms with E-state index in [9.17, 15) is 9.59 Å². The Hall–Kier alpha value is -3.34. The third-order valence-electron chi connectivity index (χ3n) is 4.00. The number of carbonyl (C=O) groups excluding carboxylic acids is 2. The Kier molecular flexibility index (Phi) is 8.53. The number of hydrogen-bond acceptors (Lipinski definition) is 4. The van der Waals surface area contributed by atoms with Crippen LogP contribution < -0.4 is 4.74 Å². The molecule has 0 bridgehead atoms. The minimum Gasteiger partial charge on any atom is -0.489 e. The molecule has 0 N–H and O–H groups in total. The van der Waals surface area contributed by atoms with E-state index >= 15 is 0 Å². The van der Waals surface area contributed by atoms with Crippen LogP contribution in [-0.2, 0) is 20.9 Å². The molecule has 0 aliphatic carbocycles. The Morgan fingerprint density at radius 3 is 2.61 bits per heavy atom. The van der Waals surface area contributed by atoms with Crippen molar-refractivity contribution in [2.24, 2.45) is 0 Å². The van der Waals surface area contributed by atoms with E-state index in [0.29, 0.717) is 13.2 Å². The Morgan fingerprint density at radius 1 is 1.11 bits per heavy atom. The van der Waals surface area contributed by atoms with E-state index in [2.05, 4.69) is 11.3 Å². The number of methoxy groups -OCH3 is 1. The van der Waals surface area contributed by atoms with E-state index in [0.717, 1.165) is 16.9 Å². The maximum Gasteiger partial charge on any atom is 0.307 e. The van der Waals surface area contributed by atoms with Crippen molar-refractivity contribution in [1.29, 1.82) is 0 Å². The van der Waals surface area contributed by atoms with Crippen LogP contribution in [0, 0.1) is 0 Å². The predicted molar refractivity (Wildman–Crippen MR) is 110 cm³/mol. The van der Waals surface area contributed by atoms with Crippen LogP contribution in [-0.4, -0.2) is 37.0 Å². The maximum atomic E-state index is 12.4. The van der Waals surface area contributed by atoms with Gasteiger partial charge in [-0.2, -0.15) is 0 Å². The Balaban J connectivity index is 1.96. The minimum atomic E-state index is -0.353. The van der Waals surface area contributed by atoms with Gasteiger partial charge in [0.1, 0.15) is 12.4 Å². The number of amides is 1. The fourth-order valence-corrected chi connectivity index (χ4v) is 2.50. The lowest BCUT2D eigenvalue weighted by molar-refractivity contribution is -0.141. The molecule has 146 valence electrons. The standard InChI is InChI=1S/C23H25NO4/c1-3-15-24(16-14-23(26)27-2)22(25)13-12-19-10-7-11-21(17-19)28-18-20-8-5-4-6-9-20/h3-13,17H,1,14-16,18H2,2H3/b13-12+. The van der Waals surface area contributed by atoms with Gasteiger partial charge in [0.25, 0.3) is 0 Å². The first-order chi connectivity index (χ1) is 13.6. The van der Waals surface area contributed by atoms with Crippen LogP contribution in [0.4, 0.5) is 0 Å². The smallest absolute Gasteiger partial charge is 0.307 e. The van der Waals surface area contributed by atoms with Crippen molar-refractivity contribution in [2.75, 3.05) is 20.2 Å². The third-order valence-corrected chi connectivity index (χ3v) is 4.00. The summed E-state index contributed by atoms with van der Waals surface area (Å²) in [7, 11) is 1.33. The fraction of sp³-hybridized carbons (Fsp3) is 0.217. The largest absolute Gasteiger partial charge is 0.489 e. The monoisotopic (exact) mass is 379 g/mol. The highest BCUT2D eigenvalue weighted by Gasteiger charge is 2.11. The molecule has 0 radical (unpaired) electrons. The number of hydrogen-bond donors (Lipinski definition) is 0. The average Bonchev–Trinajstić information content (AvgIpc) is 2.74. The van der Waals surface area contributed by atoms with E-state index in [1.165, 1.54) is 18.1 Å². The van der Waals surface area contributed by atoms with Gasteiger partial charge in [-0.25, -0.2) is 0 Å². The number of carbonyl (C=O) groups is 2. The summed E-state index contributed by atoms with van der Waals surface area (Å²) in [5.41, 5.74) is 1.94. The molecule has 28 heavy (non-hydrogen) atoms. The summed E-state index contributed by atoms with van der Waals surface area (Å²) in [5, 5.41) is 0. The molecule has 0 aromatic heterocycles. The van der Waals surface area contributed by atoms with Crippen LogP contribution in [0.15, 0.2) is 73.3 Å².